The molecule has 6 heteroatoms. The molecule has 0 amide bonds. The zero-order valence-corrected chi connectivity index (χ0v) is 13.0. The van der Waals surface area contributed by atoms with Crippen LogP contribution in [0.3, 0.4) is 0 Å². The van der Waals surface area contributed by atoms with Crippen molar-refractivity contribution in [3.63, 3.8) is 0 Å². The molecule has 1 saturated carbocycles. The molecule has 2 rings (SSSR count). The molecule has 1 aromatic rings. The van der Waals surface area contributed by atoms with Gasteiger partial charge in [-0.1, -0.05) is 19.8 Å². The predicted molar refractivity (Wildman–Crippen MR) is 83.8 cm³/mol. The van der Waals surface area contributed by atoms with Gasteiger partial charge in [0.1, 0.15) is 18.1 Å². The molecule has 1 aliphatic carbocycles. The van der Waals surface area contributed by atoms with E-state index in [1.54, 1.807) is 7.11 Å². The van der Waals surface area contributed by atoms with Gasteiger partial charge in [0, 0.05) is 19.6 Å². The molecule has 0 unspecified atom stereocenters. The van der Waals surface area contributed by atoms with Crippen molar-refractivity contribution in [3.8, 4) is 5.88 Å². The number of nitrogens with two attached hydrogens (primary N) is 1. The number of aromatic nitrogens is 2. The molecule has 1 aromatic heterocycles. The zero-order valence-electron chi connectivity index (χ0n) is 13.0. The lowest BCUT2D eigenvalue weighted by Gasteiger charge is -2.14. The van der Waals surface area contributed by atoms with Crippen molar-refractivity contribution < 1.29 is 9.47 Å². The first-order valence-electron chi connectivity index (χ1n) is 7.79. The molecular weight excluding hydrogens is 268 g/mol. The lowest BCUT2D eigenvalue weighted by Crippen LogP contribution is -2.13. The van der Waals surface area contributed by atoms with Gasteiger partial charge in [0.05, 0.1) is 6.61 Å². The van der Waals surface area contributed by atoms with Crippen LogP contribution in [-0.4, -0.2) is 36.8 Å². The number of nitrogens with zero attached hydrogens (tertiary/aromatic N) is 2. The standard InChI is InChI=1S/C15H26N4O2/c1-3-4-5-8-17-14-12(16)15(21-10-9-20-2)19-13(18-14)11-6-7-11/h11H,3-10,16H2,1-2H3,(H,17,18,19). The lowest BCUT2D eigenvalue weighted by atomic mass is 10.2. The van der Waals surface area contributed by atoms with Crippen molar-refractivity contribution in [2.75, 3.05) is 37.9 Å². The average Bonchev–Trinajstić information content (AvgIpc) is 3.31. The van der Waals surface area contributed by atoms with Gasteiger partial charge in [0.2, 0.25) is 5.88 Å². The van der Waals surface area contributed by atoms with Crippen LogP contribution in [-0.2, 0) is 4.74 Å². The number of hydrogen-bond donors (Lipinski definition) is 2. The highest BCUT2D eigenvalue weighted by atomic mass is 16.5. The molecule has 0 aromatic carbocycles. The first-order chi connectivity index (χ1) is 10.3. The summed E-state index contributed by atoms with van der Waals surface area (Å²) >= 11 is 0. The van der Waals surface area contributed by atoms with E-state index in [4.69, 9.17) is 15.2 Å². The van der Waals surface area contributed by atoms with Crippen LogP contribution in [0.5, 0.6) is 5.88 Å². The Hall–Kier alpha value is -1.56. The summed E-state index contributed by atoms with van der Waals surface area (Å²) in [5.74, 6) is 2.48. The average molecular weight is 294 g/mol. The Labute approximate surface area is 126 Å². The largest absolute Gasteiger partial charge is 0.474 e. The van der Waals surface area contributed by atoms with E-state index < -0.39 is 0 Å². The number of nitrogens with one attached hydrogen (secondary N) is 1. The molecule has 21 heavy (non-hydrogen) atoms. The highest BCUT2D eigenvalue weighted by Gasteiger charge is 2.28. The Morgan fingerprint density at radius 2 is 2.05 bits per heavy atom. The van der Waals surface area contributed by atoms with Crippen LogP contribution >= 0.6 is 0 Å². The lowest BCUT2D eigenvalue weighted by molar-refractivity contribution is 0.144. The third kappa shape index (κ3) is 4.74. The Balaban J connectivity index is 2.05. The third-order valence-electron chi connectivity index (χ3n) is 3.47. The molecule has 0 atom stereocenters. The number of nitrogen functional groups attached to an aromatic ring is 1. The van der Waals surface area contributed by atoms with Gasteiger partial charge in [-0.3, -0.25) is 0 Å². The first-order valence-corrected chi connectivity index (χ1v) is 7.79. The SMILES string of the molecule is CCCCCNc1nc(C2CC2)nc(OCCOC)c1N. The quantitative estimate of drug-likeness (QED) is 0.645. The summed E-state index contributed by atoms with van der Waals surface area (Å²) in [4.78, 5) is 9.02. The van der Waals surface area contributed by atoms with Crippen molar-refractivity contribution in [1.29, 1.82) is 0 Å². The summed E-state index contributed by atoms with van der Waals surface area (Å²) in [7, 11) is 1.64. The smallest absolute Gasteiger partial charge is 0.242 e. The van der Waals surface area contributed by atoms with Crippen molar-refractivity contribution in [1.82, 2.24) is 9.97 Å². The predicted octanol–water partition coefficient (Wildman–Crippen LogP) is 2.56. The Kier molecular flexibility index (Phi) is 6.04. The Morgan fingerprint density at radius 3 is 2.71 bits per heavy atom. The second-order valence-corrected chi connectivity index (χ2v) is 5.40. The van der Waals surface area contributed by atoms with E-state index in [2.05, 4.69) is 22.2 Å². The summed E-state index contributed by atoms with van der Waals surface area (Å²) in [6.45, 7) is 4.02. The second-order valence-electron chi connectivity index (χ2n) is 5.40. The number of anilines is 2. The van der Waals surface area contributed by atoms with Crippen LogP contribution in [0.15, 0.2) is 0 Å². The summed E-state index contributed by atoms with van der Waals surface area (Å²) in [6, 6.07) is 0. The van der Waals surface area contributed by atoms with Crippen LogP contribution in [0.4, 0.5) is 11.5 Å². The number of ether oxygens (including phenoxy) is 2. The van der Waals surface area contributed by atoms with Gasteiger partial charge in [-0.15, -0.1) is 0 Å². The molecule has 0 spiro atoms. The monoisotopic (exact) mass is 294 g/mol. The third-order valence-corrected chi connectivity index (χ3v) is 3.47. The van der Waals surface area contributed by atoms with E-state index in [0.717, 1.165) is 31.6 Å². The minimum absolute atomic E-state index is 0.442. The molecule has 0 bridgehead atoms. The maximum Gasteiger partial charge on any atom is 0.242 e. The van der Waals surface area contributed by atoms with Crippen LogP contribution in [0, 0.1) is 0 Å². The van der Waals surface area contributed by atoms with Crippen molar-refractivity contribution in [2.24, 2.45) is 0 Å². The van der Waals surface area contributed by atoms with Crippen LogP contribution in [0.2, 0.25) is 0 Å². The van der Waals surface area contributed by atoms with Crippen LogP contribution in [0.25, 0.3) is 0 Å². The van der Waals surface area contributed by atoms with Gasteiger partial charge in [-0.05, 0) is 19.3 Å². The first kappa shape index (κ1) is 15.8. The number of rotatable bonds is 10. The normalized spacial score (nSPS) is 14.2. The molecular formula is C15H26N4O2. The fourth-order valence-electron chi connectivity index (χ4n) is 2.04. The number of unbranched alkanes of at least 4 members (excludes halogenated alkanes) is 2. The van der Waals surface area contributed by atoms with E-state index >= 15 is 0 Å². The van der Waals surface area contributed by atoms with Crippen molar-refractivity contribution >= 4 is 11.5 Å². The van der Waals surface area contributed by atoms with Crippen LogP contribution in [0.1, 0.15) is 50.8 Å². The number of methoxy groups -OCH3 is 1. The van der Waals surface area contributed by atoms with Crippen LogP contribution < -0.4 is 15.8 Å². The minimum atomic E-state index is 0.442. The molecule has 6 nitrogen and oxygen atoms in total. The molecule has 0 saturated heterocycles. The Morgan fingerprint density at radius 1 is 1.24 bits per heavy atom. The van der Waals surface area contributed by atoms with Gasteiger partial charge in [0.25, 0.3) is 0 Å². The highest BCUT2D eigenvalue weighted by Crippen LogP contribution is 2.40. The van der Waals surface area contributed by atoms with E-state index in [-0.39, 0.29) is 0 Å². The zero-order chi connectivity index (χ0) is 15.1. The maximum atomic E-state index is 6.12. The number of hydrogen-bond acceptors (Lipinski definition) is 6. The highest BCUT2D eigenvalue weighted by molar-refractivity contribution is 5.67. The maximum absolute atomic E-state index is 6.12. The fourth-order valence-corrected chi connectivity index (χ4v) is 2.04. The second kappa shape index (κ2) is 8.02. The van der Waals surface area contributed by atoms with Crippen molar-refractivity contribution in [3.05, 3.63) is 5.82 Å². The summed E-state index contributed by atoms with van der Waals surface area (Å²) < 4.78 is 10.6. The van der Waals surface area contributed by atoms with Gasteiger partial charge in [0.15, 0.2) is 5.82 Å². The van der Waals surface area contributed by atoms with E-state index in [1.807, 2.05) is 0 Å². The molecule has 3 N–H and O–H groups in total. The topological polar surface area (TPSA) is 82.3 Å². The van der Waals surface area contributed by atoms with Gasteiger partial charge in [-0.25, -0.2) is 4.98 Å². The van der Waals surface area contributed by atoms with Gasteiger partial charge < -0.3 is 20.5 Å². The van der Waals surface area contributed by atoms with E-state index in [9.17, 15) is 0 Å². The molecule has 1 heterocycles. The molecule has 0 aliphatic heterocycles. The summed E-state index contributed by atoms with van der Waals surface area (Å²) in [5.41, 5.74) is 6.61. The van der Waals surface area contributed by atoms with Crippen molar-refractivity contribution in [2.45, 2.75) is 44.9 Å². The van der Waals surface area contributed by atoms with Gasteiger partial charge >= 0.3 is 0 Å². The summed E-state index contributed by atoms with van der Waals surface area (Å²) in [5, 5.41) is 3.31. The Bertz CT molecular complexity index is 450. The van der Waals surface area contributed by atoms with Gasteiger partial charge in [-0.2, -0.15) is 4.98 Å². The van der Waals surface area contributed by atoms with E-state index in [1.165, 1.54) is 12.8 Å². The summed E-state index contributed by atoms with van der Waals surface area (Å²) in [6.07, 6.45) is 5.80. The molecule has 1 fully saturated rings. The molecule has 1 aliphatic rings. The molecule has 118 valence electrons. The molecule has 0 radical (unpaired) electrons. The fraction of sp³-hybridized carbons (Fsp3) is 0.733. The van der Waals surface area contributed by atoms with E-state index in [0.29, 0.717) is 36.5 Å². The minimum Gasteiger partial charge on any atom is -0.474 e.